The molecule has 5 nitrogen and oxygen atoms in total. The number of carboxylic acid groups (broad SMARTS) is 1. The molecule has 15 heavy (non-hydrogen) atoms. The van der Waals surface area contributed by atoms with Crippen molar-refractivity contribution in [2.45, 2.75) is 6.42 Å². The average Bonchev–Trinajstić information content (AvgIpc) is 2.66. The predicted molar refractivity (Wildman–Crippen MR) is 52.7 cm³/mol. The Hall–Kier alpha value is -2.17. The summed E-state index contributed by atoms with van der Waals surface area (Å²) >= 11 is 0. The zero-order valence-electron chi connectivity index (χ0n) is 7.87. The predicted octanol–water partition coefficient (Wildman–Crippen LogP) is 0.894. The molecule has 0 radical (unpaired) electrons. The van der Waals surface area contributed by atoms with Crippen LogP contribution in [0.2, 0.25) is 0 Å². The molecular weight excluding hydrogens is 194 g/mol. The normalized spacial score (nSPS) is 10.1. The summed E-state index contributed by atoms with van der Waals surface area (Å²) in [6.45, 7) is 0. The molecule has 0 aliphatic carbocycles. The van der Waals surface area contributed by atoms with Gasteiger partial charge >= 0.3 is 5.97 Å². The molecule has 0 saturated carbocycles. The van der Waals surface area contributed by atoms with Gasteiger partial charge in [-0.05, 0) is 18.2 Å². The topological polar surface area (TPSA) is 68.0 Å². The van der Waals surface area contributed by atoms with Gasteiger partial charge in [-0.25, -0.2) is 9.67 Å². The lowest BCUT2D eigenvalue weighted by Gasteiger charge is -2.03. The van der Waals surface area contributed by atoms with Gasteiger partial charge < -0.3 is 5.11 Å². The van der Waals surface area contributed by atoms with Crippen LogP contribution in [0.1, 0.15) is 5.69 Å². The fourth-order valence-corrected chi connectivity index (χ4v) is 1.30. The summed E-state index contributed by atoms with van der Waals surface area (Å²) in [6, 6.07) is 7.07. The minimum atomic E-state index is -0.882. The maximum atomic E-state index is 10.6. The fourth-order valence-electron chi connectivity index (χ4n) is 1.30. The molecule has 0 aromatic carbocycles. The molecule has 2 aromatic rings. The molecule has 2 aromatic heterocycles. The lowest BCUT2D eigenvalue weighted by atomic mass is 10.3. The van der Waals surface area contributed by atoms with Crippen molar-refractivity contribution >= 4 is 5.97 Å². The first-order chi connectivity index (χ1) is 7.27. The summed E-state index contributed by atoms with van der Waals surface area (Å²) < 4.78 is 1.52. The lowest BCUT2D eigenvalue weighted by Crippen LogP contribution is -2.08. The molecule has 76 valence electrons. The van der Waals surface area contributed by atoms with Gasteiger partial charge in [-0.15, -0.1) is 0 Å². The first kappa shape index (κ1) is 9.39. The highest BCUT2D eigenvalue weighted by Crippen LogP contribution is 2.07. The molecule has 0 saturated heterocycles. The van der Waals surface area contributed by atoms with Gasteiger partial charge in [0.15, 0.2) is 5.82 Å². The van der Waals surface area contributed by atoms with Crippen LogP contribution < -0.4 is 0 Å². The Morgan fingerprint density at radius 1 is 1.33 bits per heavy atom. The molecule has 0 aliphatic rings. The smallest absolute Gasteiger partial charge is 0.309 e. The summed E-state index contributed by atoms with van der Waals surface area (Å²) in [7, 11) is 0. The van der Waals surface area contributed by atoms with Crippen molar-refractivity contribution in [2.24, 2.45) is 0 Å². The van der Waals surface area contributed by atoms with E-state index in [9.17, 15) is 4.79 Å². The quantitative estimate of drug-likeness (QED) is 0.804. The van der Waals surface area contributed by atoms with Crippen LogP contribution >= 0.6 is 0 Å². The number of aromatic nitrogens is 3. The molecule has 0 bridgehead atoms. The first-order valence-corrected chi connectivity index (χ1v) is 4.43. The number of hydrogen-bond donors (Lipinski definition) is 1. The van der Waals surface area contributed by atoms with Crippen molar-refractivity contribution in [3.05, 3.63) is 42.4 Å². The number of nitrogens with zero attached hydrogens (tertiary/aromatic N) is 3. The number of aliphatic carboxylic acids is 1. The van der Waals surface area contributed by atoms with Crippen LogP contribution in [0.4, 0.5) is 0 Å². The van der Waals surface area contributed by atoms with Gasteiger partial charge in [0.2, 0.25) is 0 Å². The van der Waals surface area contributed by atoms with Gasteiger partial charge in [-0.2, -0.15) is 5.10 Å². The third kappa shape index (κ3) is 2.01. The zero-order valence-corrected chi connectivity index (χ0v) is 7.87. The standard InChI is InChI=1S/C10H9N3O2/c14-10(15)7-8-4-6-12-13(8)9-3-1-2-5-11-9/h1-6H,7H2,(H,14,15). The molecule has 0 atom stereocenters. The van der Waals surface area contributed by atoms with Crippen molar-refractivity contribution in [3.8, 4) is 5.82 Å². The second-order valence-corrected chi connectivity index (χ2v) is 2.99. The summed E-state index contributed by atoms with van der Waals surface area (Å²) in [6.07, 6.45) is 3.14. The monoisotopic (exact) mass is 203 g/mol. The largest absolute Gasteiger partial charge is 0.481 e. The van der Waals surface area contributed by atoms with Crippen LogP contribution in [-0.2, 0) is 11.2 Å². The summed E-state index contributed by atoms with van der Waals surface area (Å²) in [5.41, 5.74) is 0.612. The van der Waals surface area contributed by atoms with Gasteiger partial charge in [-0.3, -0.25) is 4.79 Å². The minimum absolute atomic E-state index is 0.0590. The van der Waals surface area contributed by atoms with E-state index in [1.165, 1.54) is 4.68 Å². The summed E-state index contributed by atoms with van der Waals surface area (Å²) in [5, 5.41) is 12.7. The van der Waals surface area contributed by atoms with E-state index in [0.29, 0.717) is 11.5 Å². The van der Waals surface area contributed by atoms with Crippen molar-refractivity contribution < 1.29 is 9.90 Å². The number of rotatable bonds is 3. The Morgan fingerprint density at radius 2 is 2.20 bits per heavy atom. The van der Waals surface area contributed by atoms with Crippen molar-refractivity contribution in [2.75, 3.05) is 0 Å². The zero-order chi connectivity index (χ0) is 10.7. The third-order valence-corrected chi connectivity index (χ3v) is 1.92. The van der Waals surface area contributed by atoms with E-state index in [2.05, 4.69) is 10.1 Å². The van der Waals surface area contributed by atoms with Crippen LogP contribution in [-0.4, -0.2) is 25.8 Å². The van der Waals surface area contributed by atoms with E-state index < -0.39 is 5.97 Å². The highest BCUT2D eigenvalue weighted by atomic mass is 16.4. The van der Waals surface area contributed by atoms with E-state index in [1.54, 1.807) is 30.6 Å². The fraction of sp³-hybridized carbons (Fsp3) is 0.100. The second-order valence-electron chi connectivity index (χ2n) is 2.99. The molecular formula is C10H9N3O2. The lowest BCUT2D eigenvalue weighted by molar-refractivity contribution is -0.136. The SMILES string of the molecule is O=C(O)Cc1ccnn1-c1ccccn1. The molecule has 0 spiro atoms. The van der Waals surface area contributed by atoms with Gasteiger partial charge in [0.25, 0.3) is 0 Å². The van der Waals surface area contributed by atoms with Crippen LogP contribution in [0.25, 0.3) is 5.82 Å². The number of carbonyl (C=O) groups is 1. The average molecular weight is 203 g/mol. The highest BCUT2D eigenvalue weighted by molar-refractivity contribution is 5.69. The maximum Gasteiger partial charge on any atom is 0.309 e. The van der Waals surface area contributed by atoms with Crippen LogP contribution in [0.3, 0.4) is 0 Å². The molecule has 0 amide bonds. The Labute approximate surface area is 86.0 Å². The molecule has 2 heterocycles. The number of hydrogen-bond acceptors (Lipinski definition) is 3. The van der Waals surface area contributed by atoms with Crippen LogP contribution in [0.5, 0.6) is 0 Å². The highest BCUT2D eigenvalue weighted by Gasteiger charge is 2.08. The van der Waals surface area contributed by atoms with Crippen molar-refractivity contribution in [3.63, 3.8) is 0 Å². The Kier molecular flexibility index (Phi) is 2.45. The Morgan fingerprint density at radius 3 is 2.87 bits per heavy atom. The summed E-state index contributed by atoms with van der Waals surface area (Å²) in [4.78, 5) is 14.7. The molecule has 0 fully saturated rings. The molecule has 0 aliphatic heterocycles. The number of pyridine rings is 1. The molecule has 1 N–H and O–H groups in total. The molecule has 0 unspecified atom stereocenters. The second kappa shape index (κ2) is 3.91. The minimum Gasteiger partial charge on any atom is -0.481 e. The molecule has 5 heteroatoms. The maximum absolute atomic E-state index is 10.6. The number of carboxylic acids is 1. The van der Waals surface area contributed by atoms with Gasteiger partial charge in [0, 0.05) is 12.4 Å². The van der Waals surface area contributed by atoms with E-state index in [4.69, 9.17) is 5.11 Å². The summed E-state index contributed by atoms with van der Waals surface area (Å²) in [5.74, 6) is -0.258. The van der Waals surface area contributed by atoms with E-state index in [0.717, 1.165) is 0 Å². The molecule has 2 rings (SSSR count). The van der Waals surface area contributed by atoms with Crippen LogP contribution in [0, 0.1) is 0 Å². The van der Waals surface area contributed by atoms with Crippen molar-refractivity contribution in [1.29, 1.82) is 0 Å². The van der Waals surface area contributed by atoms with Crippen molar-refractivity contribution in [1.82, 2.24) is 14.8 Å². The Balaban J connectivity index is 2.37. The first-order valence-electron chi connectivity index (χ1n) is 4.43. The van der Waals surface area contributed by atoms with Gasteiger partial charge in [-0.1, -0.05) is 6.07 Å². The van der Waals surface area contributed by atoms with Crippen LogP contribution in [0.15, 0.2) is 36.7 Å². The third-order valence-electron chi connectivity index (χ3n) is 1.92. The van der Waals surface area contributed by atoms with Gasteiger partial charge in [0.1, 0.15) is 0 Å². The van der Waals surface area contributed by atoms with Gasteiger partial charge in [0.05, 0.1) is 12.1 Å². The van der Waals surface area contributed by atoms with E-state index in [1.807, 2.05) is 6.07 Å². The van der Waals surface area contributed by atoms with E-state index in [-0.39, 0.29) is 6.42 Å². The van der Waals surface area contributed by atoms with E-state index >= 15 is 0 Å². The Bertz CT molecular complexity index is 465.